The molecule has 1 aromatic rings. The van der Waals surface area contributed by atoms with Crippen molar-refractivity contribution in [2.45, 2.75) is 26.8 Å². The van der Waals surface area contributed by atoms with Gasteiger partial charge in [-0.2, -0.15) is 0 Å². The molecular weight excluding hydrogens is 270 g/mol. The van der Waals surface area contributed by atoms with E-state index in [4.69, 9.17) is 0 Å². The summed E-state index contributed by atoms with van der Waals surface area (Å²) in [6.07, 6.45) is 1.59. The molecule has 7 heteroatoms. The number of hydrogen-bond donors (Lipinski definition) is 1. The van der Waals surface area contributed by atoms with E-state index >= 15 is 0 Å². The van der Waals surface area contributed by atoms with Crippen LogP contribution in [0.3, 0.4) is 0 Å². The third-order valence-corrected chi connectivity index (χ3v) is 3.30. The molecule has 0 aliphatic carbocycles. The van der Waals surface area contributed by atoms with Crippen molar-refractivity contribution in [2.24, 2.45) is 0 Å². The number of piperazine rings is 1. The van der Waals surface area contributed by atoms with E-state index < -0.39 is 0 Å². The van der Waals surface area contributed by atoms with E-state index in [1.54, 1.807) is 24.1 Å². The molecule has 2 heterocycles. The van der Waals surface area contributed by atoms with Crippen molar-refractivity contribution in [3.05, 3.63) is 18.0 Å². The number of rotatable bonds is 3. The zero-order chi connectivity index (χ0) is 15.4. The first-order valence-corrected chi connectivity index (χ1v) is 7.11. The van der Waals surface area contributed by atoms with Crippen LogP contribution in [-0.4, -0.2) is 58.9 Å². The van der Waals surface area contributed by atoms with Crippen molar-refractivity contribution in [1.82, 2.24) is 20.2 Å². The van der Waals surface area contributed by atoms with Gasteiger partial charge in [-0.3, -0.25) is 9.59 Å². The summed E-state index contributed by atoms with van der Waals surface area (Å²) in [5, 5.41) is 2.81. The van der Waals surface area contributed by atoms with Gasteiger partial charge in [0.25, 0.3) is 5.91 Å². The van der Waals surface area contributed by atoms with E-state index in [1.807, 2.05) is 18.7 Å². The average Bonchev–Trinajstić information content (AvgIpc) is 2.47. The van der Waals surface area contributed by atoms with Gasteiger partial charge in [0.2, 0.25) is 11.9 Å². The molecule has 7 nitrogen and oxygen atoms in total. The zero-order valence-corrected chi connectivity index (χ0v) is 12.7. The number of nitrogens with zero attached hydrogens (tertiary/aromatic N) is 4. The second-order valence-electron chi connectivity index (χ2n) is 5.36. The van der Waals surface area contributed by atoms with Gasteiger partial charge in [-0.25, -0.2) is 9.97 Å². The minimum Gasteiger partial charge on any atom is -0.349 e. The maximum Gasteiger partial charge on any atom is 0.270 e. The second-order valence-corrected chi connectivity index (χ2v) is 5.36. The Hall–Kier alpha value is -2.18. The fourth-order valence-electron chi connectivity index (χ4n) is 2.18. The normalized spacial score (nSPS) is 15.2. The fraction of sp³-hybridized carbons (Fsp3) is 0.571. The first kappa shape index (κ1) is 15.2. The molecule has 2 rings (SSSR count). The van der Waals surface area contributed by atoms with Crippen LogP contribution in [0.15, 0.2) is 12.3 Å². The highest BCUT2D eigenvalue weighted by Crippen LogP contribution is 2.11. The van der Waals surface area contributed by atoms with E-state index in [0.29, 0.717) is 37.8 Å². The lowest BCUT2D eigenvalue weighted by molar-refractivity contribution is -0.129. The van der Waals surface area contributed by atoms with E-state index in [9.17, 15) is 9.59 Å². The Morgan fingerprint density at radius 1 is 1.24 bits per heavy atom. The molecule has 114 valence electrons. The number of amides is 2. The number of hydrogen-bond acceptors (Lipinski definition) is 5. The summed E-state index contributed by atoms with van der Waals surface area (Å²) >= 11 is 0. The Morgan fingerprint density at radius 3 is 2.48 bits per heavy atom. The van der Waals surface area contributed by atoms with Crippen LogP contribution in [0.1, 0.15) is 31.3 Å². The number of aromatic nitrogens is 2. The first-order valence-electron chi connectivity index (χ1n) is 7.11. The summed E-state index contributed by atoms with van der Waals surface area (Å²) < 4.78 is 0. The summed E-state index contributed by atoms with van der Waals surface area (Å²) in [7, 11) is 0. The predicted octanol–water partition coefficient (Wildman–Crippen LogP) is 0.283. The summed E-state index contributed by atoms with van der Waals surface area (Å²) in [6, 6.07) is 1.67. The quantitative estimate of drug-likeness (QED) is 0.865. The summed E-state index contributed by atoms with van der Waals surface area (Å²) in [6.45, 7) is 8.04. The molecule has 1 aromatic heterocycles. The van der Waals surface area contributed by atoms with Crippen LogP contribution in [-0.2, 0) is 4.79 Å². The maximum atomic E-state index is 12.0. The van der Waals surface area contributed by atoms with Crippen molar-refractivity contribution < 1.29 is 9.59 Å². The van der Waals surface area contributed by atoms with Crippen LogP contribution in [0.25, 0.3) is 0 Å². The highest BCUT2D eigenvalue weighted by Gasteiger charge is 2.21. The molecule has 1 fully saturated rings. The van der Waals surface area contributed by atoms with Crippen LogP contribution in [0.4, 0.5) is 5.95 Å². The molecule has 0 aromatic carbocycles. The minimum absolute atomic E-state index is 0.0648. The van der Waals surface area contributed by atoms with Gasteiger partial charge in [0.05, 0.1) is 0 Å². The monoisotopic (exact) mass is 291 g/mol. The number of carbonyl (C=O) groups excluding carboxylic acids is 2. The van der Waals surface area contributed by atoms with Gasteiger partial charge in [0.1, 0.15) is 5.69 Å². The Kier molecular flexibility index (Phi) is 4.72. The van der Waals surface area contributed by atoms with Crippen molar-refractivity contribution in [3.63, 3.8) is 0 Å². The molecule has 1 saturated heterocycles. The van der Waals surface area contributed by atoms with Crippen molar-refractivity contribution in [2.75, 3.05) is 31.1 Å². The van der Waals surface area contributed by atoms with E-state index in [2.05, 4.69) is 15.3 Å². The Labute approximate surface area is 124 Å². The predicted molar refractivity (Wildman–Crippen MR) is 79.1 cm³/mol. The zero-order valence-electron chi connectivity index (χ0n) is 12.7. The third-order valence-electron chi connectivity index (χ3n) is 3.30. The molecule has 1 N–H and O–H groups in total. The number of anilines is 1. The molecule has 0 saturated carbocycles. The van der Waals surface area contributed by atoms with Gasteiger partial charge in [-0.1, -0.05) is 0 Å². The fourth-order valence-corrected chi connectivity index (χ4v) is 2.18. The SMILES string of the molecule is CC(=O)N1CCN(c2nccc(C(=O)NC(C)C)n2)CC1. The lowest BCUT2D eigenvalue weighted by Crippen LogP contribution is -2.48. The second kappa shape index (κ2) is 6.51. The van der Waals surface area contributed by atoms with Gasteiger partial charge < -0.3 is 15.1 Å². The highest BCUT2D eigenvalue weighted by molar-refractivity contribution is 5.92. The number of nitrogens with one attached hydrogen (secondary N) is 1. The maximum absolute atomic E-state index is 12.0. The lowest BCUT2D eigenvalue weighted by Gasteiger charge is -2.34. The smallest absolute Gasteiger partial charge is 0.270 e. The molecule has 0 unspecified atom stereocenters. The van der Waals surface area contributed by atoms with Gasteiger partial charge in [-0.15, -0.1) is 0 Å². The summed E-state index contributed by atoms with van der Waals surface area (Å²) in [4.78, 5) is 35.6. The summed E-state index contributed by atoms with van der Waals surface area (Å²) in [5.74, 6) is 0.422. The van der Waals surface area contributed by atoms with E-state index in [0.717, 1.165) is 0 Å². The Balaban J connectivity index is 2.05. The minimum atomic E-state index is -0.198. The Morgan fingerprint density at radius 2 is 1.90 bits per heavy atom. The molecule has 0 bridgehead atoms. The standard InChI is InChI=1S/C14H21N5O2/c1-10(2)16-13(21)12-4-5-15-14(17-12)19-8-6-18(7-9-19)11(3)20/h4-5,10H,6-9H2,1-3H3,(H,16,21). The molecule has 0 radical (unpaired) electrons. The van der Waals surface area contributed by atoms with Crippen molar-refractivity contribution in [1.29, 1.82) is 0 Å². The van der Waals surface area contributed by atoms with Gasteiger partial charge in [0, 0.05) is 45.3 Å². The van der Waals surface area contributed by atoms with Crippen molar-refractivity contribution in [3.8, 4) is 0 Å². The van der Waals surface area contributed by atoms with E-state index in [-0.39, 0.29) is 17.9 Å². The lowest BCUT2D eigenvalue weighted by atomic mass is 10.3. The highest BCUT2D eigenvalue weighted by atomic mass is 16.2. The molecular formula is C14H21N5O2. The first-order chi connectivity index (χ1) is 9.97. The molecule has 21 heavy (non-hydrogen) atoms. The largest absolute Gasteiger partial charge is 0.349 e. The molecule has 0 atom stereocenters. The molecule has 1 aliphatic rings. The number of carbonyl (C=O) groups is 2. The Bertz CT molecular complexity index is 524. The van der Waals surface area contributed by atoms with Crippen molar-refractivity contribution >= 4 is 17.8 Å². The van der Waals surface area contributed by atoms with Gasteiger partial charge >= 0.3 is 0 Å². The van der Waals surface area contributed by atoms with Gasteiger partial charge in [0.15, 0.2) is 0 Å². The van der Waals surface area contributed by atoms with Crippen LogP contribution >= 0.6 is 0 Å². The van der Waals surface area contributed by atoms with Crippen LogP contribution in [0.5, 0.6) is 0 Å². The van der Waals surface area contributed by atoms with Gasteiger partial charge in [-0.05, 0) is 19.9 Å². The van der Waals surface area contributed by atoms with Crippen LogP contribution < -0.4 is 10.2 Å². The van der Waals surface area contributed by atoms with Crippen LogP contribution in [0.2, 0.25) is 0 Å². The molecule has 0 spiro atoms. The molecule has 2 amide bonds. The topological polar surface area (TPSA) is 78.4 Å². The average molecular weight is 291 g/mol. The third kappa shape index (κ3) is 3.90. The van der Waals surface area contributed by atoms with Crippen LogP contribution in [0, 0.1) is 0 Å². The molecule has 1 aliphatic heterocycles. The summed E-state index contributed by atoms with van der Waals surface area (Å²) in [5.41, 5.74) is 0.364. The van der Waals surface area contributed by atoms with E-state index in [1.165, 1.54) is 0 Å².